The fourth-order valence-corrected chi connectivity index (χ4v) is 2.67. The Morgan fingerprint density at radius 3 is 1.81 bits per heavy atom. The van der Waals surface area contributed by atoms with Gasteiger partial charge in [0.1, 0.15) is 0 Å². The molecule has 2 aromatic rings. The highest BCUT2D eigenvalue weighted by Gasteiger charge is 2.35. The van der Waals surface area contributed by atoms with E-state index in [0.717, 1.165) is 6.07 Å². The van der Waals surface area contributed by atoms with Gasteiger partial charge in [0.15, 0.2) is 23.3 Å². The molecular weight excluding hydrogens is 375 g/mol. The van der Waals surface area contributed by atoms with Gasteiger partial charge in [0.2, 0.25) is 5.82 Å². The van der Waals surface area contributed by atoms with Crippen LogP contribution in [-0.4, -0.2) is 23.7 Å². The molecule has 0 aliphatic heterocycles. The summed E-state index contributed by atoms with van der Waals surface area (Å²) in [4.78, 5) is 0. The van der Waals surface area contributed by atoms with Gasteiger partial charge in [-0.2, -0.15) is 0 Å². The predicted molar refractivity (Wildman–Crippen MR) is 83.4 cm³/mol. The molecule has 2 aromatic carbocycles. The van der Waals surface area contributed by atoms with Crippen molar-refractivity contribution < 1.29 is 35.9 Å². The topological polar surface area (TPSA) is 27.7 Å². The molecule has 0 saturated heterocycles. The van der Waals surface area contributed by atoms with E-state index < -0.39 is 40.6 Å². The third-order valence-electron chi connectivity index (χ3n) is 3.52. The molecule has 0 saturated carbocycles. The van der Waals surface area contributed by atoms with E-state index in [4.69, 9.17) is 13.9 Å². The fraction of sp³-hybridized carbons (Fsp3) is 0.294. The zero-order valence-corrected chi connectivity index (χ0v) is 14.8. The van der Waals surface area contributed by atoms with Crippen LogP contribution in [0, 0.1) is 29.1 Å². The molecule has 0 aliphatic rings. The van der Waals surface area contributed by atoms with Gasteiger partial charge in [-0.1, -0.05) is 18.2 Å². The van der Waals surface area contributed by atoms with Crippen molar-refractivity contribution in [1.29, 1.82) is 0 Å². The maximum atomic E-state index is 14.1. The molecule has 3 nitrogen and oxygen atoms in total. The van der Waals surface area contributed by atoms with Crippen molar-refractivity contribution in [3.05, 3.63) is 58.9 Å². The number of benzene rings is 2. The summed E-state index contributed by atoms with van der Waals surface area (Å²) in [6, 6.07) is 5.16. The van der Waals surface area contributed by atoms with E-state index in [1.165, 1.54) is 18.2 Å². The zero-order chi connectivity index (χ0) is 19.5. The van der Waals surface area contributed by atoms with Gasteiger partial charge >= 0.3 is 5.97 Å². The highest BCUT2D eigenvalue weighted by Crippen LogP contribution is 2.35. The Hall–Kier alpha value is -1.81. The van der Waals surface area contributed by atoms with Crippen LogP contribution in [0.5, 0.6) is 0 Å². The highest BCUT2D eigenvalue weighted by molar-refractivity contribution is 5.98. The first kappa shape index (κ1) is 20.5. The van der Waals surface area contributed by atoms with Gasteiger partial charge in [-0.05, 0) is 25.5 Å². The van der Waals surface area contributed by atoms with Crippen molar-refractivity contribution in [2.75, 3.05) is 13.2 Å². The second-order valence-corrected chi connectivity index (χ2v) is 5.25. The van der Waals surface area contributed by atoms with Crippen LogP contribution in [0.4, 0.5) is 22.0 Å². The van der Waals surface area contributed by atoms with E-state index in [1.807, 2.05) is 0 Å². The Morgan fingerprint density at radius 2 is 1.35 bits per heavy atom. The lowest BCUT2D eigenvalue weighted by atomic mass is 10.0. The molecule has 0 aliphatic carbocycles. The smallest absolute Gasteiger partial charge is 0.302 e. The van der Waals surface area contributed by atoms with Crippen LogP contribution in [0.2, 0.25) is 0 Å². The van der Waals surface area contributed by atoms with Gasteiger partial charge in [0, 0.05) is 18.8 Å². The molecule has 0 N–H and O–H groups in total. The molecule has 26 heavy (non-hydrogen) atoms. The maximum absolute atomic E-state index is 14.1. The fourth-order valence-electron chi connectivity index (χ4n) is 2.43. The molecule has 3 radical (unpaired) electrons. The Bertz CT molecular complexity index is 765. The second kappa shape index (κ2) is 8.25. The normalized spacial score (nSPS) is 11.8. The van der Waals surface area contributed by atoms with Gasteiger partial charge in [-0.25, -0.2) is 22.0 Å². The van der Waals surface area contributed by atoms with Crippen LogP contribution in [0.15, 0.2) is 24.3 Å². The molecule has 0 fully saturated rings. The average Bonchev–Trinajstić information content (AvgIpc) is 2.65. The Labute approximate surface area is 150 Å². The van der Waals surface area contributed by atoms with E-state index in [-0.39, 0.29) is 24.3 Å². The van der Waals surface area contributed by atoms with E-state index in [0.29, 0.717) is 0 Å². The van der Waals surface area contributed by atoms with Crippen molar-refractivity contribution in [2.24, 2.45) is 0 Å². The highest BCUT2D eigenvalue weighted by atomic mass is 28.2. The first-order valence-corrected chi connectivity index (χ1v) is 7.98. The Kier molecular flexibility index (Phi) is 6.51. The Morgan fingerprint density at radius 1 is 0.846 bits per heavy atom. The standard InChI is InChI=1S/C17H14F5O3Si/c1-3-23-17(25-26,24-4-2)10-7-5-6-9(8-10)11-12(18)14(20)16(22)15(21)13(11)19/h5-8H,3-4H2,1-2H3. The Balaban J connectivity index is 2.68. The summed E-state index contributed by atoms with van der Waals surface area (Å²) in [6.07, 6.45) is 0. The van der Waals surface area contributed by atoms with Crippen molar-refractivity contribution in [1.82, 2.24) is 0 Å². The summed E-state index contributed by atoms with van der Waals surface area (Å²) in [6.45, 7) is 3.62. The van der Waals surface area contributed by atoms with Gasteiger partial charge in [-0.15, -0.1) is 0 Å². The molecule has 0 spiro atoms. The van der Waals surface area contributed by atoms with E-state index >= 15 is 0 Å². The van der Waals surface area contributed by atoms with E-state index in [9.17, 15) is 22.0 Å². The summed E-state index contributed by atoms with van der Waals surface area (Å²) in [5.41, 5.74) is -1.17. The summed E-state index contributed by atoms with van der Waals surface area (Å²) < 4.78 is 84.3. The molecule has 139 valence electrons. The van der Waals surface area contributed by atoms with E-state index in [1.54, 1.807) is 13.8 Å². The lowest BCUT2D eigenvalue weighted by Gasteiger charge is -2.32. The molecule has 0 aromatic heterocycles. The maximum Gasteiger partial charge on any atom is 0.302 e. The lowest BCUT2D eigenvalue weighted by Crippen LogP contribution is -2.36. The van der Waals surface area contributed by atoms with Crippen LogP contribution in [-0.2, 0) is 19.9 Å². The largest absolute Gasteiger partial charge is 0.367 e. The number of rotatable bonds is 7. The molecule has 9 heteroatoms. The quantitative estimate of drug-likeness (QED) is 0.232. The molecule has 0 amide bonds. The van der Waals surface area contributed by atoms with Gasteiger partial charge < -0.3 is 13.9 Å². The number of hydrogen-bond donors (Lipinski definition) is 0. The van der Waals surface area contributed by atoms with Crippen LogP contribution in [0.25, 0.3) is 11.1 Å². The van der Waals surface area contributed by atoms with Crippen LogP contribution in [0.3, 0.4) is 0 Å². The second-order valence-electron chi connectivity index (χ2n) is 5.05. The van der Waals surface area contributed by atoms with Crippen molar-refractivity contribution in [3.8, 4) is 11.1 Å². The minimum atomic E-state index is -2.22. The van der Waals surface area contributed by atoms with Crippen LogP contribution in [0.1, 0.15) is 19.4 Å². The first-order valence-electron chi connectivity index (χ1n) is 7.57. The summed E-state index contributed by atoms with van der Waals surface area (Å²) in [7, 11) is 2.84. The molecule has 0 unspecified atom stereocenters. The van der Waals surface area contributed by atoms with Crippen molar-refractivity contribution >= 4 is 10.5 Å². The summed E-state index contributed by atoms with van der Waals surface area (Å²) in [5.74, 6) is -11.9. The molecule has 0 atom stereocenters. The monoisotopic (exact) mass is 389 g/mol. The third kappa shape index (κ3) is 3.52. The number of halogens is 5. The average molecular weight is 389 g/mol. The minimum Gasteiger partial charge on any atom is -0.367 e. The number of hydrogen-bond acceptors (Lipinski definition) is 3. The predicted octanol–water partition coefficient (Wildman–Crippen LogP) is 4.33. The van der Waals surface area contributed by atoms with Crippen molar-refractivity contribution in [2.45, 2.75) is 19.8 Å². The van der Waals surface area contributed by atoms with Gasteiger partial charge in [0.05, 0.1) is 5.56 Å². The van der Waals surface area contributed by atoms with Crippen LogP contribution >= 0.6 is 0 Å². The van der Waals surface area contributed by atoms with Crippen molar-refractivity contribution in [3.63, 3.8) is 0 Å². The van der Waals surface area contributed by atoms with Crippen LogP contribution < -0.4 is 0 Å². The molecule has 0 bridgehead atoms. The first-order chi connectivity index (χ1) is 12.3. The minimum absolute atomic E-state index is 0.150. The molecule has 2 rings (SSSR count). The van der Waals surface area contributed by atoms with Gasteiger partial charge in [-0.3, -0.25) is 0 Å². The van der Waals surface area contributed by atoms with Gasteiger partial charge in [0.25, 0.3) is 10.5 Å². The zero-order valence-electron chi connectivity index (χ0n) is 13.8. The third-order valence-corrected chi connectivity index (χ3v) is 3.79. The lowest BCUT2D eigenvalue weighted by molar-refractivity contribution is -0.352. The molecular formula is C17H14F5O3Si. The summed E-state index contributed by atoms with van der Waals surface area (Å²) in [5, 5.41) is 0. The SMILES string of the molecule is CCOC(O[Si])(OCC)c1cccc(-c2c(F)c(F)c(F)c(F)c2F)c1. The van der Waals surface area contributed by atoms with E-state index in [2.05, 4.69) is 10.5 Å². The molecule has 0 heterocycles. The summed E-state index contributed by atoms with van der Waals surface area (Å²) >= 11 is 0. The number of ether oxygens (including phenoxy) is 2.